The number of carbonyl (C=O) groups excluding carboxylic acids is 1. The molecule has 0 atom stereocenters. The van der Waals surface area contributed by atoms with E-state index in [0.717, 1.165) is 17.3 Å². The zero-order valence-electron chi connectivity index (χ0n) is 13.2. The second-order valence-corrected chi connectivity index (χ2v) is 7.10. The van der Waals surface area contributed by atoms with Gasteiger partial charge in [-0.25, -0.2) is 9.78 Å². The number of nitrogens with zero attached hydrogens (tertiary/aromatic N) is 2. The molecule has 24 heavy (non-hydrogen) atoms. The summed E-state index contributed by atoms with van der Waals surface area (Å²) in [6.45, 7) is 0.633. The van der Waals surface area contributed by atoms with Crippen LogP contribution in [0.5, 0.6) is 0 Å². The van der Waals surface area contributed by atoms with E-state index in [1.165, 1.54) is 23.9 Å². The van der Waals surface area contributed by atoms with Gasteiger partial charge in [-0.1, -0.05) is 28.1 Å². The van der Waals surface area contributed by atoms with Crippen molar-refractivity contribution in [1.29, 1.82) is 0 Å². The molecule has 1 N–H and O–H groups in total. The summed E-state index contributed by atoms with van der Waals surface area (Å²) < 4.78 is 1.04. The Morgan fingerprint density at radius 3 is 2.38 bits per heavy atom. The van der Waals surface area contributed by atoms with E-state index in [-0.39, 0.29) is 17.0 Å². The smallest absolute Gasteiger partial charge is 0.354 e. The van der Waals surface area contributed by atoms with Crippen LogP contribution in [-0.2, 0) is 5.41 Å². The first-order valence-electron chi connectivity index (χ1n) is 7.62. The summed E-state index contributed by atoms with van der Waals surface area (Å²) in [4.78, 5) is 28.9. The molecule has 0 radical (unpaired) electrons. The van der Waals surface area contributed by atoms with Crippen molar-refractivity contribution >= 4 is 27.8 Å². The molecule has 1 fully saturated rings. The number of carbonyl (C=O) groups is 2. The van der Waals surface area contributed by atoms with Crippen LogP contribution in [0.1, 0.15) is 39.3 Å². The molecular formula is C18H17BrN2O3. The normalized spacial score (nSPS) is 14.9. The molecule has 1 heterocycles. The number of carboxylic acid groups (broad SMARTS) is 1. The number of carboxylic acids is 1. The lowest BCUT2D eigenvalue weighted by Gasteiger charge is -2.24. The monoisotopic (exact) mass is 388 g/mol. The zero-order chi connectivity index (χ0) is 17.3. The summed E-state index contributed by atoms with van der Waals surface area (Å²) in [5, 5.41) is 8.87. The van der Waals surface area contributed by atoms with Crippen LogP contribution in [0.2, 0.25) is 0 Å². The first-order valence-corrected chi connectivity index (χ1v) is 8.41. The predicted molar refractivity (Wildman–Crippen MR) is 93.2 cm³/mol. The summed E-state index contributed by atoms with van der Waals surface area (Å²) in [6.07, 6.45) is 3.44. The average molecular weight is 389 g/mol. The van der Waals surface area contributed by atoms with E-state index < -0.39 is 5.97 Å². The Labute approximate surface area is 148 Å². The van der Waals surface area contributed by atoms with Crippen molar-refractivity contribution in [2.24, 2.45) is 0 Å². The van der Waals surface area contributed by atoms with Gasteiger partial charge in [0.25, 0.3) is 5.91 Å². The van der Waals surface area contributed by atoms with Crippen LogP contribution in [0.3, 0.4) is 0 Å². The highest BCUT2D eigenvalue weighted by Gasteiger charge is 2.45. The number of benzene rings is 1. The van der Waals surface area contributed by atoms with Crippen molar-refractivity contribution in [2.45, 2.75) is 18.3 Å². The van der Waals surface area contributed by atoms with Crippen molar-refractivity contribution in [1.82, 2.24) is 9.88 Å². The maximum atomic E-state index is 12.5. The Hall–Kier alpha value is -2.21. The van der Waals surface area contributed by atoms with Gasteiger partial charge in [0.05, 0.1) is 5.56 Å². The van der Waals surface area contributed by atoms with Crippen LogP contribution in [0, 0.1) is 0 Å². The van der Waals surface area contributed by atoms with Crippen LogP contribution in [-0.4, -0.2) is 40.5 Å². The number of hydrogen-bond acceptors (Lipinski definition) is 3. The minimum Gasteiger partial charge on any atom is -0.477 e. The first kappa shape index (κ1) is 16.6. The number of hydrogen-bond donors (Lipinski definition) is 1. The third-order valence-electron chi connectivity index (χ3n) is 4.43. The van der Waals surface area contributed by atoms with Gasteiger partial charge in [0.15, 0.2) is 0 Å². The Kier molecular flexibility index (Phi) is 4.41. The van der Waals surface area contributed by atoms with E-state index in [4.69, 9.17) is 5.11 Å². The molecule has 0 bridgehead atoms. The van der Waals surface area contributed by atoms with E-state index in [2.05, 4.69) is 33.0 Å². The number of pyridine rings is 1. The molecule has 1 aromatic carbocycles. The van der Waals surface area contributed by atoms with Gasteiger partial charge in [-0.15, -0.1) is 0 Å². The maximum absolute atomic E-state index is 12.5. The highest BCUT2D eigenvalue weighted by Crippen LogP contribution is 2.48. The van der Waals surface area contributed by atoms with Crippen molar-refractivity contribution in [2.75, 3.05) is 13.6 Å². The van der Waals surface area contributed by atoms with E-state index in [1.54, 1.807) is 11.9 Å². The molecule has 0 saturated heterocycles. The first-order chi connectivity index (χ1) is 11.4. The minimum atomic E-state index is -1.10. The van der Waals surface area contributed by atoms with E-state index in [9.17, 15) is 9.59 Å². The van der Waals surface area contributed by atoms with Gasteiger partial charge in [0.2, 0.25) is 0 Å². The lowest BCUT2D eigenvalue weighted by atomic mass is 9.95. The predicted octanol–water partition coefficient (Wildman–Crippen LogP) is 3.35. The fraction of sp³-hybridized carbons (Fsp3) is 0.278. The van der Waals surface area contributed by atoms with Crippen LogP contribution in [0.15, 0.2) is 47.1 Å². The summed E-state index contributed by atoms with van der Waals surface area (Å²) in [7, 11) is 1.77. The Balaban J connectivity index is 1.72. The molecule has 0 aliphatic heterocycles. The SMILES string of the molecule is CN(CC1(c2ccc(Br)cc2)CC1)C(=O)c1ccc(C(=O)O)nc1. The van der Waals surface area contributed by atoms with Gasteiger partial charge in [-0.2, -0.15) is 0 Å². The fourth-order valence-electron chi connectivity index (χ4n) is 2.89. The van der Waals surface area contributed by atoms with Gasteiger partial charge < -0.3 is 10.0 Å². The van der Waals surface area contributed by atoms with Crippen molar-refractivity contribution in [3.63, 3.8) is 0 Å². The lowest BCUT2D eigenvalue weighted by molar-refractivity contribution is 0.0688. The summed E-state index contributed by atoms with van der Waals surface area (Å²) in [5.41, 5.74) is 1.60. The van der Waals surface area contributed by atoms with E-state index in [0.29, 0.717) is 12.1 Å². The number of likely N-dealkylation sites (N-methyl/N-ethyl adjacent to an activating group) is 1. The molecule has 0 unspecified atom stereocenters. The van der Waals surface area contributed by atoms with Gasteiger partial charge in [-0.3, -0.25) is 4.79 Å². The summed E-state index contributed by atoms with van der Waals surface area (Å²) in [6, 6.07) is 11.1. The molecule has 1 aliphatic rings. The summed E-state index contributed by atoms with van der Waals surface area (Å²) in [5.74, 6) is -1.25. The van der Waals surface area contributed by atoms with Gasteiger partial charge in [0.1, 0.15) is 5.69 Å². The summed E-state index contributed by atoms with van der Waals surface area (Å²) >= 11 is 3.44. The average Bonchev–Trinajstić information content (AvgIpc) is 3.35. The van der Waals surface area contributed by atoms with Crippen molar-refractivity contribution in [3.05, 3.63) is 63.9 Å². The second kappa shape index (κ2) is 6.36. The van der Waals surface area contributed by atoms with Gasteiger partial charge in [0, 0.05) is 29.7 Å². The standard InChI is InChI=1S/C18H17BrN2O3/c1-21(16(22)12-2-7-15(17(23)24)20-10-12)11-18(8-9-18)13-3-5-14(19)6-4-13/h2-7,10H,8-9,11H2,1H3,(H,23,24). The van der Waals surface area contributed by atoms with Crippen LogP contribution in [0.25, 0.3) is 0 Å². The number of aromatic carboxylic acids is 1. The highest BCUT2D eigenvalue weighted by atomic mass is 79.9. The molecule has 1 aromatic heterocycles. The molecule has 3 rings (SSSR count). The van der Waals surface area contributed by atoms with Crippen molar-refractivity contribution < 1.29 is 14.7 Å². The van der Waals surface area contributed by atoms with Crippen LogP contribution >= 0.6 is 15.9 Å². The second-order valence-electron chi connectivity index (χ2n) is 6.19. The molecule has 5 nitrogen and oxygen atoms in total. The maximum Gasteiger partial charge on any atom is 0.354 e. The third-order valence-corrected chi connectivity index (χ3v) is 4.95. The molecule has 124 valence electrons. The van der Waals surface area contributed by atoms with Crippen LogP contribution in [0.4, 0.5) is 0 Å². The topological polar surface area (TPSA) is 70.5 Å². The zero-order valence-corrected chi connectivity index (χ0v) is 14.8. The van der Waals surface area contributed by atoms with Crippen molar-refractivity contribution in [3.8, 4) is 0 Å². The number of aromatic nitrogens is 1. The Bertz CT molecular complexity index is 768. The Morgan fingerprint density at radius 1 is 1.21 bits per heavy atom. The third kappa shape index (κ3) is 3.33. The largest absolute Gasteiger partial charge is 0.477 e. The van der Waals surface area contributed by atoms with Crippen LogP contribution < -0.4 is 0 Å². The molecule has 1 aliphatic carbocycles. The molecule has 1 amide bonds. The molecule has 6 heteroatoms. The van der Waals surface area contributed by atoms with Gasteiger partial charge in [-0.05, 0) is 42.7 Å². The lowest BCUT2D eigenvalue weighted by Crippen LogP contribution is -2.34. The molecule has 1 saturated carbocycles. The quantitative estimate of drug-likeness (QED) is 0.852. The molecule has 2 aromatic rings. The van der Waals surface area contributed by atoms with E-state index in [1.807, 2.05) is 12.1 Å². The number of amides is 1. The molecule has 0 spiro atoms. The highest BCUT2D eigenvalue weighted by molar-refractivity contribution is 9.10. The fourth-order valence-corrected chi connectivity index (χ4v) is 3.15. The Morgan fingerprint density at radius 2 is 1.88 bits per heavy atom. The number of halogens is 1. The molecular weight excluding hydrogens is 372 g/mol. The minimum absolute atomic E-state index is 0.0273. The van der Waals surface area contributed by atoms with Gasteiger partial charge >= 0.3 is 5.97 Å². The van der Waals surface area contributed by atoms with E-state index >= 15 is 0 Å². The number of rotatable bonds is 5.